The summed E-state index contributed by atoms with van der Waals surface area (Å²) in [5.74, 6) is 1.18. The molecule has 0 radical (unpaired) electrons. The highest BCUT2D eigenvalue weighted by molar-refractivity contribution is 7.19. The predicted molar refractivity (Wildman–Crippen MR) is 66.9 cm³/mol. The molecule has 0 aliphatic rings. The van der Waals surface area contributed by atoms with Crippen molar-refractivity contribution in [1.29, 1.82) is 0 Å². The van der Waals surface area contributed by atoms with Crippen LogP contribution >= 0.6 is 11.3 Å². The highest BCUT2D eigenvalue weighted by Crippen LogP contribution is 2.32. The molecule has 2 heterocycles. The van der Waals surface area contributed by atoms with Gasteiger partial charge in [0.25, 0.3) is 5.89 Å². The fraction of sp³-hybridized carbons (Fsp3) is 0.455. The van der Waals surface area contributed by atoms with Gasteiger partial charge in [-0.3, -0.25) is 0 Å². The van der Waals surface area contributed by atoms with E-state index < -0.39 is 0 Å². The number of ether oxygens (including phenoxy) is 1. The molecule has 0 fully saturated rings. The van der Waals surface area contributed by atoms with Crippen molar-refractivity contribution in [1.82, 2.24) is 10.1 Å². The summed E-state index contributed by atoms with van der Waals surface area (Å²) in [5.41, 5.74) is 6.79. The van der Waals surface area contributed by atoms with Crippen molar-refractivity contribution >= 4 is 16.3 Å². The molecule has 2 N–H and O–H groups in total. The summed E-state index contributed by atoms with van der Waals surface area (Å²) < 4.78 is 10.4. The molecule has 2 aromatic rings. The Balaban J connectivity index is 2.21. The van der Waals surface area contributed by atoms with E-state index in [2.05, 4.69) is 10.1 Å². The molecule has 0 spiro atoms. The summed E-state index contributed by atoms with van der Waals surface area (Å²) in [4.78, 5) is 5.28. The van der Waals surface area contributed by atoms with Crippen LogP contribution in [-0.2, 0) is 11.2 Å². The van der Waals surface area contributed by atoms with Crippen LogP contribution in [0.1, 0.15) is 18.3 Å². The van der Waals surface area contributed by atoms with E-state index in [0.717, 1.165) is 15.4 Å². The number of hydrogen-bond acceptors (Lipinski definition) is 6. The number of nitrogens with zero attached hydrogens (tertiary/aromatic N) is 2. The van der Waals surface area contributed by atoms with Gasteiger partial charge in [-0.15, -0.1) is 11.3 Å². The van der Waals surface area contributed by atoms with Crippen LogP contribution < -0.4 is 5.73 Å². The normalized spacial score (nSPS) is 12.9. The third-order valence-electron chi connectivity index (χ3n) is 2.47. The van der Waals surface area contributed by atoms with Gasteiger partial charge >= 0.3 is 0 Å². The van der Waals surface area contributed by atoms with E-state index in [1.54, 1.807) is 7.11 Å². The van der Waals surface area contributed by atoms with Gasteiger partial charge in [0.1, 0.15) is 0 Å². The molecule has 2 rings (SSSR count). The Kier molecular flexibility index (Phi) is 3.44. The van der Waals surface area contributed by atoms with Crippen molar-refractivity contribution < 1.29 is 9.26 Å². The molecule has 0 aliphatic heterocycles. The molecule has 0 aliphatic carbocycles. The van der Waals surface area contributed by atoms with Crippen LogP contribution in [0, 0.1) is 6.92 Å². The van der Waals surface area contributed by atoms with Crippen LogP contribution in [-0.4, -0.2) is 23.4 Å². The maximum atomic E-state index is 5.73. The zero-order valence-corrected chi connectivity index (χ0v) is 10.9. The summed E-state index contributed by atoms with van der Waals surface area (Å²) in [6.45, 7) is 3.94. The minimum absolute atomic E-state index is 0.0787. The molecule has 1 unspecified atom stereocenters. The monoisotopic (exact) mass is 253 g/mol. The van der Waals surface area contributed by atoms with Gasteiger partial charge < -0.3 is 15.0 Å². The first-order valence-corrected chi connectivity index (χ1v) is 6.13. The standard InChI is InChI=1S/C11H15N3O2S/c1-6-4-8(12)17-10(6)11-13-9(14-16-11)5-7(2)15-3/h4,7H,5,12H2,1-3H3. The summed E-state index contributed by atoms with van der Waals surface area (Å²) >= 11 is 1.46. The number of nitrogens with two attached hydrogens (primary N) is 1. The van der Waals surface area contributed by atoms with E-state index >= 15 is 0 Å². The average molecular weight is 253 g/mol. The first-order valence-electron chi connectivity index (χ1n) is 5.31. The largest absolute Gasteiger partial charge is 0.391 e. The van der Waals surface area contributed by atoms with Crippen molar-refractivity contribution in [2.45, 2.75) is 26.4 Å². The number of aryl methyl sites for hydroxylation is 1. The maximum Gasteiger partial charge on any atom is 0.268 e. The second-order valence-corrected chi connectivity index (χ2v) is 5.01. The number of rotatable bonds is 4. The lowest BCUT2D eigenvalue weighted by Crippen LogP contribution is -2.09. The van der Waals surface area contributed by atoms with Crippen molar-refractivity contribution in [3.05, 3.63) is 17.5 Å². The second-order valence-electron chi connectivity index (χ2n) is 3.93. The van der Waals surface area contributed by atoms with Gasteiger partial charge in [0.05, 0.1) is 16.0 Å². The fourth-order valence-corrected chi connectivity index (χ4v) is 2.35. The van der Waals surface area contributed by atoms with Crippen molar-refractivity contribution in [3.63, 3.8) is 0 Å². The summed E-state index contributed by atoms with van der Waals surface area (Å²) in [7, 11) is 1.66. The van der Waals surface area contributed by atoms with E-state index in [-0.39, 0.29) is 6.10 Å². The molecule has 6 heteroatoms. The quantitative estimate of drug-likeness (QED) is 0.904. The van der Waals surface area contributed by atoms with E-state index in [4.69, 9.17) is 15.0 Å². The zero-order valence-electron chi connectivity index (χ0n) is 10.1. The van der Waals surface area contributed by atoms with Crippen molar-refractivity contribution in [3.8, 4) is 10.8 Å². The highest BCUT2D eigenvalue weighted by Gasteiger charge is 2.15. The molecule has 0 saturated heterocycles. The summed E-state index contributed by atoms with van der Waals surface area (Å²) in [5, 5.41) is 4.68. The van der Waals surface area contributed by atoms with Crippen LogP contribution in [0.5, 0.6) is 0 Å². The molecule has 0 amide bonds. The Morgan fingerprint density at radius 3 is 2.94 bits per heavy atom. The van der Waals surface area contributed by atoms with E-state index in [1.165, 1.54) is 11.3 Å². The third-order valence-corrected chi connectivity index (χ3v) is 3.53. The van der Waals surface area contributed by atoms with Crippen LogP contribution in [0.4, 0.5) is 5.00 Å². The Morgan fingerprint density at radius 2 is 2.35 bits per heavy atom. The molecule has 17 heavy (non-hydrogen) atoms. The predicted octanol–water partition coefficient (Wildman–Crippen LogP) is 2.27. The lowest BCUT2D eigenvalue weighted by molar-refractivity contribution is 0.116. The van der Waals surface area contributed by atoms with E-state index in [9.17, 15) is 0 Å². The van der Waals surface area contributed by atoms with E-state index in [1.807, 2.05) is 19.9 Å². The Morgan fingerprint density at radius 1 is 1.59 bits per heavy atom. The molecular formula is C11H15N3O2S. The minimum Gasteiger partial charge on any atom is -0.391 e. The topological polar surface area (TPSA) is 74.2 Å². The van der Waals surface area contributed by atoms with Crippen molar-refractivity contribution in [2.75, 3.05) is 12.8 Å². The number of methoxy groups -OCH3 is 1. The molecule has 92 valence electrons. The lowest BCUT2D eigenvalue weighted by atomic mass is 10.2. The number of thiophene rings is 1. The lowest BCUT2D eigenvalue weighted by Gasteiger charge is -2.03. The van der Waals surface area contributed by atoms with Crippen LogP contribution in [0.2, 0.25) is 0 Å². The van der Waals surface area contributed by atoms with Crippen LogP contribution in [0.15, 0.2) is 10.6 Å². The highest BCUT2D eigenvalue weighted by atomic mass is 32.1. The molecule has 0 bridgehead atoms. The molecule has 0 saturated carbocycles. The Hall–Kier alpha value is -1.40. The van der Waals surface area contributed by atoms with Gasteiger partial charge in [-0.25, -0.2) is 0 Å². The van der Waals surface area contributed by atoms with Gasteiger partial charge in [-0.1, -0.05) is 5.16 Å². The zero-order chi connectivity index (χ0) is 12.4. The average Bonchev–Trinajstić information content (AvgIpc) is 2.85. The molecule has 0 aromatic carbocycles. The van der Waals surface area contributed by atoms with Gasteiger partial charge in [0.2, 0.25) is 0 Å². The Labute approximate surface area is 104 Å². The summed E-state index contributed by atoms with van der Waals surface area (Å²) in [6, 6.07) is 1.90. The van der Waals surface area contributed by atoms with Crippen LogP contribution in [0.25, 0.3) is 10.8 Å². The maximum absolute atomic E-state index is 5.73. The number of hydrogen-bond donors (Lipinski definition) is 1. The van der Waals surface area contributed by atoms with Gasteiger partial charge in [0.15, 0.2) is 5.82 Å². The number of anilines is 1. The molecule has 5 nitrogen and oxygen atoms in total. The SMILES string of the molecule is COC(C)Cc1noc(-c2sc(N)cc2C)n1. The minimum atomic E-state index is 0.0787. The summed E-state index contributed by atoms with van der Waals surface area (Å²) in [6.07, 6.45) is 0.717. The molecular weight excluding hydrogens is 238 g/mol. The number of nitrogen functional groups attached to an aromatic ring is 1. The first-order chi connectivity index (χ1) is 8.10. The molecule has 1 atom stereocenters. The Bertz CT molecular complexity index is 507. The van der Waals surface area contributed by atoms with E-state index in [0.29, 0.717) is 18.1 Å². The van der Waals surface area contributed by atoms with Gasteiger partial charge in [-0.05, 0) is 25.5 Å². The van der Waals surface area contributed by atoms with Gasteiger partial charge in [-0.2, -0.15) is 4.98 Å². The second kappa shape index (κ2) is 4.85. The van der Waals surface area contributed by atoms with Gasteiger partial charge in [0, 0.05) is 13.5 Å². The third kappa shape index (κ3) is 2.65. The fourth-order valence-electron chi connectivity index (χ4n) is 1.49. The molecule has 2 aromatic heterocycles. The van der Waals surface area contributed by atoms with Crippen LogP contribution in [0.3, 0.4) is 0 Å². The smallest absolute Gasteiger partial charge is 0.268 e. The first kappa shape index (κ1) is 12.1. The number of aromatic nitrogens is 2. The van der Waals surface area contributed by atoms with Crippen molar-refractivity contribution in [2.24, 2.45) is 0 Å².